The molecule has 2 N–H and O–H groups in total. The zero-order chi connectivity index (χ0) is 14.2. The smallest absolute Gasteiger partial charge is 0.272 e. The van der Waals surface area contributed by atoms with Crippen LogP contribution < -0.4 is 5.48 Å². The molecular formula is C16H17NO3. The monoisotopic (exact) mass is 271 g/mol. The van der Waals surface area contributed by atoms with Gasteiger partial charge in [-0.2, -0.15) is 0 Å². The zero-order valence-electron chi connectivity index (χ0n) is 11.0. The van der Waals surface area contributed by atoms with Gasteiger partial charge in [0.05, 0.1) is 6.61 Å². The number of hydroxylamine groups is 1. The van der Waals surface area contributed by atoms with Gasteiger partial charge in [0, 0.05) is 6.42 Å². The van der Waals surface area contributed by atoms with E-state index in [9.17, 15) is 9.90 Å². The van der Waals surface area contributed by atoms with Gasteiger partial charge in [0.15, 0.2) is 0 Å². The minimum absolute atomic E-state index is 0.265. The highest BCUT2D eigenvalue weighted by atomic mass is 16.7. The number of nitrogens with one attached hydrogen (secondary N) is 1. The second-order valence-electron chi connectivity index (χ2n) is 4.45. The summed E-state index contributed by atoms with van der Waals surface area (Å²) < 4.78 is 0. The Morgan fingerprint density at radius 1 is 1.00 bits per heavy atom. The van der Waals surface area contributed by atoms with Gasteiger partial charge in [0.2, 0.25) is 0 Å². The highest BCUT2D eigenvalue weighted by molar-refractivity contribution is 5.79. The maximum atomic E-state index is 11.7. The van der Waals surface area contributed by atoms with Crippen LogP contribution in [0, 0.1) is 0 Å². The number of rotatable bonds is 6. The van der Waals surface area contributed by atoms with Crippen LogP contribution in [0.2, 0.25) is 0 Å². The average Bonchev–Trinajstić information content (AvgIpc) is 2.49. The summed E-state index contributed by atoms with van der Waals surface area (Å²) in [5, 5.41) is 9.78. The van der Waals surface area contributed by atoms with E-state index >= 15 is 0 Å². The SMILES string of the molecule is O=C(NOCc1ccccc1)C(O)Cc1ccccc1. The number of aliphatic hydroxyl groups is 1. The molecule has 2 aromatic carbocycles. The van der Waals surface area contributed by atoms with E-state index in [-0.39, 0.29) is 13.0 Å². The summed E-state index contributed by atoms with van der Waals surface area (Å²) in [6, 6.07) is 18.8. The van der Waals surface area contributed by atoms with Gasteiger partial charge in [-0.05, 0) is 11.1 Å². The van der Waals surface area contributed by atoms with Crippen molar-refractivity contribution < 1.29 is 14.7 Å². The molecule has 0 bridgehead atoms. The fraction of sp³-hybridized carbons (Fsp3) is 0.188. The lowest BCUT2D eigenvalue weighted by molar-refractivity contribution is -0.143. The minimum Gasteiger partial charge on any atom is -0.383 e. The molecule has 1 amide bonds. The van der Waals surface area contributed by atoms with Crippen LogP contribution in [0.4, 0.5) is 0 Å². The lowest BCUT2D eigenvalue weighted by Crippen LogP contribution is -2.35. The van der Waals surface area contributed by atoms with Crippen LogP contribution in [0.1, 0.15) is 11.1 Å². The van der Waals surface area contributed by atoms with Crippen LogP contribution >= 0.6 is 0 Å². The molecule has 0 aromatic heterocycles. The Bertz CT molecular complexity index is 528. The van der Waals surface area contributed by atoms with Crippen molar-refractivity contribution in [1.82, 2.24) is 5.48 Å². The predicted octanol–water partition coefficient (Wildman–Crippen LogP) is 1.84. The van der Waals surface area contributed by atoms with Gasteiger partial charge in [-0.15, -0.1) is 0 Å². The van der Waals surface area contributed by atoms with Crippen LogP contribution in [0.25, 0.3) is 0 Å². The third-order valence-corrected chi connectivity index (χ3v) is 2.83. The minimum atomic E-state index is -1.12. The molecule has 0 fully saturated rings. The molecule has 0 aliphatic carbocycles. The highest BCUT2D eigenvalue weighted by Gasteiger charge is 2.15. The maximum Gasteiger partial charge on any atom is 0.272 e. The third-order valence-electron chi connectivity index (χ3n) is 2.83. The second kappa shape index (κ2) is 7.43. The molecule has 1 atom stereocenters. The summed E-state index contributed by atoms with van der Waals surface area (Å²) in [5.74, 6) is -0.537. The number of hydrogen-bond donors (Lipinski definition) is 2. The molecule has 2 rings (SSSR count). The third kappa shape index (κ3) is 4.50. The first-order valence-electron chi connectivity index (χ1n) is 6.43. The zero-order valence-corrected chi connectivity index (χ0v) is 11.0. The van der Waals surface area contributed by atoms with Gasteiger partial charge in [-0.3, -0.25) is 9.63 Å². The molecule has 0 spiro atoms. The van der Waals surface area contributed by atoms with Crippen molar-refractivity contribution in [1.29, 1.82) is 0 Å². The number of hydrogen-bond acceptors (Lipinski definition) is 3. The van der Waals surface area contributed by atoms with E-state index < -0.39 is 12.0 Å². The molecule has 4 heteroatoms. The molecule has 20 heavy (non-hydrogen) atoms. The second-order valence-corrected chi connectivity index (χ2v) is 4.45. The van der Waals surface area contributed by atoms with Crippen molar-refractivity contribution in [2.75, 3.05) is 0 Å². The van der Waals surface area contributed by atoms with Crippen LogP contribution in [0.3, 0.4) is 0 Å². The van der Waals surface area contributed by atoms with E-state index in [1.807, 2.05) is 60.7 Å². The normalized spacial score (nSPS) is 11.8. The Morgan fingerprint density at radius 2 is 1.55 bits per heavy atom. The Balaban J connectivity index is 1.74. The average molecular weight is 271 g/mol. The van der Waals surface area contributed by atoms with Crippen LogP contribution in [-0.4, -0.2) is 17.1 Å². The van der Waals surface area contributed by atoms with Gasteiger partial charge in [0.25, 0.3) is 5.91 Å². The number of aliphatic hydroxyl groups excluding tert-OH is 1. The summed E-state index contributed by atoms with van der Waals surface area (Å²) >= 11 is 0. The van der Waals surface area contributed by atoms with Crippen molar-refractivity contribution in [3.05, 3.63) is 71.8 Å². The van der Waals surface area contributed by atoms with E-state index in [0.717, 1.165) is 11.1 Å². The Hall–Kier alpha value is -2.17. The summed E-state index contributed by atoms with van der Waals surface area (Å²) in [5.41, 5.74) is 4.11. The van der Waals surface area contributed by atoms with Gasteiger partial charge in [0.1, 0.15) is 6.10 Å². The molecular weight excluding hydrogens is 254 g/mol. The molecule has 2 aromatic rings. The Kier molecular flexibility index (Phi) is 5.29. The Labute approximate surface area is 118 Å². The largest absolute Gasteiger partial charge is 0.383 e. The van der Waals surface area contributed by atoms with E-state index in [4.69, 9.17) is 4.84 Å². The number of carbonyl (C=O) groups is 1. The highest BCUT2D eigenvalue weighted by Crippen LogP contribution is 2.03. The summed E-state index contributed by atoms with van der Waals surface area (Å²) in [6.45, 7) is 0.268. The van der Waals surface area contributed by atoms with Crippen LogP contribution in [-0.2, 0) is 22.7 Å². The number of carbonyl (C=O) groups excluding carboxylic acids is 1. The van der Waals surface area contributed by atoms with Gasteiger partial charge in [-0.1, -0.05) is 60.7 Å². The summed E-state index contributed by atoms with van der Waals surface area (Å²) in [7, 11) is 0. The quantitative estimate of drug-likeness (QED) is 0.788. The summed E-state index contributed by atoms with van der Waals surface area (Å²) in [6.07, 6.45) is -0.852. The van der Waals surface area contributed by atoms with Gasteiger partial charge in [-0.25, -0.2) is 5.48 Å². The Morgan fingerprint density at radius 3 is 2.15 bits per heavy atom. The number of amides is 1. The standard InChI is InChI=1S/C16H17NO3/c18-15(11-13-7-3-1-4-8-13)16(19)17-20-12-14-9-5-2-6-10-14/h1-10,15,18H,11-12H2,(H,17,19). The molecule has 0 heterocycles. The maximum absolute atomic E-state index is 11.7. The predicted molar refractivity (Wildman–Crippen MR) is 75.5 cm³/mol. The van der Waals surface area contributed by atoms with Crippen molar-refractivity contribution in [3.8, 4) is 0 Å². The van der Waals surface area contributed by atoms with Gasteiger partial charge >= 0.3 is 0 Å². The van der Waals surface area contributed by atoms with Crippen molar-refractivity contribution in [3.63, 3.8) is 0 Å². The lowest BCUT2D eigenvalue weighted by atomic mass is 10.1. The van der Waals surface area contributed by atoms with Crippen molar-refractivity contribution in [2.45, 2.75) is 19.1 Å². The molecule has 0 aliphatic rings. The summed E-state index contributed by atoms with van der Waals surface area (Å²) in [4.78, 5) is 16.7. The van der Waals surface area contributed by atoms with E-state index in [0.29, 0.717) is 0 Å². The van der Waals surface area contributed by atoms with Crippen molar-refractivity contribution >= 4 is 5.91 Å². The van der Waals surface area contributed by atoms with E-state index in [1.165, 1.54) is 0 Å². The fourth-order valence-electron chi connectivity index (χ4n) is 1.76. The molecule has 0 saturated carbocycles. The molecule has 0 radical (unpaired) electrons. The van der Waals surface area contributed by atoms with Crippen LogP contribution in [0.5, 0.6) is 0 Å². The fourth-order valence-corrected chi connectivity index (χ4v) is 1.76. The van der Waals surface area contributed by atoms with Crippen molar-refractivity contribution in [2.24, 2.45) is 0 Å². The number of benzene rings is 2. The van der Waals surface area contributed by atoms with E-state index in [2.05, 4.69) is 5.48 Å². The molecule has 0 aliphatic heterocycles. The molecule has 4 nitrogen and oxygen atoms in total. The van der Waals surface area contributed by atoms with Gasteiger partial charge < -0.3 is 5.11 Å². The molecule has 1 unspecified atom stereocenters. The first kappa shape index (κ1) is 14.2. The molecule has 104 valence electrons. The van der Waals surface area contributed by atoms with Crippen LogP contribution in [0.15, 0.2) is 60.7 Å². The molecule has 0 saturated heterocycles. The topological polar surface area (TPSA) is 58.6 Å². The first-order valence-corrected chi connectivity index (χ1v) is 6.43. The first-order chi connectivity index (χ1) is 9.75. The van der Waals surface area contributed by atoms with E-state index in [1.54, 1.807) is 0 Å². The lowest BCUT2D eigenvalue weighted by Gasteiger charge is -2.11.